The summed E-state index contributed by atoms with van der Waals surface area (Å²) < 4.78 is 12.8. The third kappa shape index (κ3) is 4.66. The van der Waals surface area contributed by atoms with E-state index < -0.39 is 6.10 Å². The van der Waals surface area contributed by atoms with Gasteiger partial charge < -0.3 is 10.4 Å². The minimum Gasteiger partial charge on any atom is -0.387 e. The molecule has 21 heavy (non-hydrogen) atoms. The fraction of sp³-hybridized carbons (Fsp3) is 0.333. The van der Waals surface area contributed by atoms with Crippen molar-refractivity contribution >= 4 is 0 Å². The highest BCUT2D eigenvalue weighted by atomic mass is 19.1. The Morgan fingerprint density at radius 2 is 1.76 bits per heavy atom. The SMILES string of the molecule is Cc1ccc(C(O)CNCCc2ccc(F)cc2)cc1C. The minimum absolute atomic E-state index is 0.211. The Labute approximate surface area is 125 Å². The molecule has 0 saturated heterocycles. The molecular weight excluding hydrogens is 265 g/mol. The molecule has 2 rings (SSSR count). The summed E-state index contributed by atoms with van der Waals surface area (Å²) in [6.45, 7) is 5.39. The molecule has 2 aromatic carbocycles. The number of nitrogens with one attached hydrogen (secondary N) is 1. The lowest BCUT2D eigenvalue weighted by Crippen LogP contribution is -2.23. The summed E-state index contributed by atoms with van der Waals surface area (Å²) in [4.78, 5) is 0. The number of halogens is 1. The van der Waals surface area contributed by atoms with Crippen molar-refractivity contribution < 1.29 is 9.50 Å². The van der Waals surface area contributed by atoms with Crippen LogP contribution in [0.3, 0.4) is 0 Å². The average molecular weight is 287 g/mol. The van der Waals surface area contributed by atoms with E-state index in [4.69, 9.17) is 0 Å². The number of aliphatic hydroxyl groups is 1. The third-order valence-corrected chi connectivity index (χ3v) is 3.76. The van der Waals surface area contributed by atoms with Crippen LogP contribution in [0.1, 0.15) is 28.4 Å². The molecule has 0 aliphatic rings. The highest BCUT2D eigenvalue weighted by Crippen LogP contribution is 2.16. The third-order valence-electron chi connectivity index (χ3n) is 3.76. The Morgan fingerprint density at radius 1 is 1.05 bits per heavy atom. The van der Waals surface area contributed by atoms with E-state index in [-0.39, 0.29) is 5.82 Å². The van der Waals surface area contributed by atoms with Crippen LogP contribution >= 0.6 is 0 Å². The fourth-order valence-electron chi connectivity index (χ4n) is 2.21. The number of hydrogen-bond donors (Lipinski definition) is 2. The molecular formula is C18H22FNO. The van der Waals surface area contributed by atoms with Gasteiger partial charge in [0.05, 0.1) is 6.10 Å². The quantitative estimate of drug-likeness (QED) is 0.799. The van der Waals surface area contributed by atoms with Crippen LogP contribution in [0.5, 0.6) is 0 Å². The van der Waals surface area contributed by atoms with Crippen molar-refractivity contribution in [2.24, 2.45) is 0 Å². The van der Waals surface area contributed by atoms with Gasteiger partial charge in [0, 0.05) is 6.54 Å². The van der Waals surface area contributed by atoms with Gasteiger partial charge in [-0.05, 0) is 61.2 Å². The first kappa shape index (κ1) is 15.7. The Kier molecular flexibility index (Phi) is 5.48. The van der Waals surface area contributed by atoms with E-state index in [2.05, 4.69) is 12.2 Å². The Bertz CT molecular complexity index is 580. The molecule has 0 amide bonds. The zero-order valence-corrected chi connectivity index (χ0v) is 12.6. The first-order valence-corrected chi connectivity index (χ1v) is 7.26. The van der Waals surface area contributed by atoms with E-state index in [1.54, 1.807) is 12.1 Å². The molecule has 0 spiro atoms. The van der Waals surface area contributed by atoms with Gasteiger partial charge in [-0.25, -0.2) is 4.39 Å². The lowest BCUT2D eigenvalue weighted by Gasteiger charge is -2.14. The maximum atomic E-state index is 12.8. The smallest absolute Gasteiger partial charge is 0.123 e. The maximum absolute atomic E-state index is 12.8. The molecule has 112 valence electrons. The number of benzene rings is 2. The molecule has 2 aromatic rings. The van der Waals surface area contributed by atoms with Crippen LogP contribution < -0.4 is 5.32 Å². The van der Waals surface area contributed by atoms with Crippen LogP contribution in [0, 0.1) is 19.7 Å². The fourth-order valence-corrected chi connectivity index (χ4v) is 2.21. The number of aliphatic hydroxyl groups excluding tert-OH is 1. The predicted molar refractivity (Wildman–Crippen MR) is 83.8 cm³/mol. The molecule has 0 aromatic heterocycles. The molecule has 0 bridgehead atoms. The Morgan fingerprint density at radius 3 is 2.43 bits per heavy atom. The van der Waals surface area contributed by atoms with E-state index in [0.29, 0.717) is 6.54 Å². The molecule has 0 radical (unpaired) electrons. The van der Waals surface area contributed by atoms with Crippen molar-refractivity contribution in [1.82, 2.24) is 5.32 Å². The Hall–Kier alpha value is -1.71. The van der Waals surface area contributed by atoms with Gasteiger partial charge in [0.15, 0.2) is 0 Å². The van der Waals surface area contributed by atoms with E-state index in [1.807, 2.05) is 25.1 Å². The van der Waals surface area contributed by atoms with E-state index in [1.165, 1.54) is 23.3 Å². The predicted octanol–water partition coefficient (Wildman–Crippen LogP) is 3.31. The summed E-state index contributed by atoms with van der Waals surface area (Å²) >= 11 is 0. The normalized spacial score (nSPS) is 12.4. The van der Waals surface area contributed by atoms with Gasteiger partial charge in [-0.2, -0.15) is 0 Å². The minimum atomic E-state index is -0.502. The summed E-state index contributed by atoms with van der Waals surface area (Å²) in [6, 6.07) is 12.6. The molecule has 0 fully saturated rings. The molecule has 1 atom stereocenters. The van der Waals surface area contributed by atoms with Gasteiger partial charge in [0.1, 0.15) is 5.82 Å². The van der Waals surface area contributed by atoms with Crippen molar-refractivity contribution in [3.63, 3.8) is 0 Å². The first-order valence-electron chi connectivity index (χ1n) is 7.26. The number of rotatable bonds is 6. The van der Waals surface area contributed by atoms with Crippen LogP contribution in [-0.2, 0) is 6.42 Å². The average Bonchev–Trinajstić information content (AvgIpc) is 2.48. The standard InChI is InChI=1S/C18H22FNO/c1-13-3-6-16(11-14(13)2)18(21)12-20-10-9-15-4-7-17(19)8-5-15/h3-8,11,18,20-21H,9-10,12H2,1-2H3. The van der Waals surface area contributed by atoms with Crippen LogP contribution in [0.15, 0.2) is 42.5 Å². The summed E-state index contributed by atoms with van der Waals surface area (Å²) in [5.74, 6) is -0.211. The van der Waals surface area contributed by atoms with Crippen LogP contribution in [0.2, 0.25) is 0 Å². The molecule has 0 aliphatic carbocycles. The second kappa shape index (κ2) is 7.34. The second-order valence-corrected chi connectivity index (χ2v) is 5.44. The molecule has 2 nitrogen and oxygen atoms in total. The molecule has 0 saturated carbocycles. The largest absolute Gasteiger partial charge is 0.387 e. The molecule has 1 unspecified atom stereocenters. The second-order valence-electron chi connectivity index (χ2n) is 5.44. The lowest BCUT2D eigenvalue weighted by molar-refractivity contribution is 0.175. The highest BCUT2D eigenvalue weighted by molar-refractivity contribution is 5.31. The van der Waals surface area contributed by atoms with E-state index in [0.717, 1.165) is 24.1 Å². The summed E-state index contributed by atoms with van der Waals surface area (Å²) in [5, 5.41) is 13.4. The van der Waals surface area contributed by atoms with Gasteiger partial charge in [-0.1, -0.05) is 30.3 Å². The van der Waals surface area contributed by atoms with Gasteiger partial charge in [-0.3, -0.25) is 0 Å². The van der Waals surface area contributed by atoms with Gasteiger partial charge >= 0.3 is 0 Å². The Balaban J connectivity index is 1.77. The van der Waals surface area contributed by atoms with Gasteiger partial charge in [-0.15, -0.1) is 0 Å². The monoisotopic (exact) mass is 287 g/mol. The zero-order valence-electron chi connectivity index (χ0n) is 12.6. The molecule has 0 heterocycles. The summed E-state index contributed by atoms with van der Waals surface area (Å²) in [7, 11) is 0. The van der Waals surface area contributed by atoms with Crippen LogP contribution in [-0.4, -0.2) is 18.2 Å². The van der Waals surface area contributed by atoms with Crippen molar-refractivity contribution in [3.8, 4) is 0 Å². The molecule has 3 heteroatoms. The number of aryl methyl sites for hydroxylation is 2. The van der Waals surface area contributed by atoms with Gasteiger partial charge in [0.2, 0.25) is 0 Å². The van der Waals surface area contributed by atoms with Crippen molar-refractivity contribution in [2.45, 2.75) is 26.4 Å². The maximum Gasteiger partial charge on any atom is 0.123 e. The first-order chi connectivity index (χ1) is 10.1. The summed E-state index contributed by atoms with van der Waals surface area (Å²) in [6.07, 6.45) is 0.317. The molecule has 2 N–H and O–H groups in total. The topological polar surface area (TPSA) is 32.3 Å². The number of hydrogen-bond acceptors (Lipinski definition) is 2. The van der Waals surface area contributed by atoms with Crippen molar-refractivity contribution in [1.29, 1.82) is 0 Å². The summed E-state index contributed by atoms with van der Waals surface area (Å²) in [5.41, 5.74) is 4.45. The zero-order chi connectivity index (χ0) is 15.2. The van der Waals surface area contributed by atoms with Crippen LogP contribution in [0.25, 0.3) is 0 Å². The highest BCUT2D eigenvalue weighted by Gasteiger charge is 2.07. The van der Waals surface area contributed by atoms with Gasteiger partial charge in [0.25, 0.3) is 0 Å². The van der Waals surface area contributed by atoms with E-state index in [9.17, 15) is 9.50 Å². The van der Waals surface area contributed by atoms with Crippen molar-refractivity contribution in [2.75, 3.05) is 13.1 Å². The van der Waals surface area contributed by atoms with E-state index >= 15 is 0 Å². The molecule has 0 aliphatic heterocycles. The van der Waals surface area contributed by atoms with Crippen molar-refractivity contribution in [3.05, 3.63) is 70.5 Å². The van der Waals surface area contributed by atoms with Crippen LogP contribution in [0.4, 0.5) is 4.39 Å². The lowest BCUT2D eigenvalue weighted by atomic mass is 10.0.